The smallest absolute Gasteiger partial charge is 0.251 e. The van der Waals surface area contributed by atoms with Crippen LogP contribution in [-0.4, -0.2) is 63.9 Å². The van der Waals surface area contributed by atoms with Crippen LogP contribution in [0.1, 0.15) is 35.3 Å². The number of sulfonamides is 1. The predicted octanol–water partition coefficient (Wildman–Crippen LogP) is 3.21. The standard InChI is InChI=1S/C23H27ClFN3O4S/c1-16-15-27(11-12-32-16)21(22-19(24)4-2-5-20(22)25)14-26-23(29)17-6-8-18(9-7-17)28-10-3-13-33(28,30)31/h2,4-9,16,21H,3,10-15H2,1H3,(H,26,29). The quantitative estimate of drug-likeness (QED) is 0.665. The normalized spacial score (nSPS) is 21.7. The van der Waals surface area contributed by atoms with Gasteiger partial charge >= 0.3 is 0 Å². The number of anilines is 1. The van der Waals surface area contributed by atoms with Crippen LogP contribution in [-0.2, 0) is 14.8 Å². The van der Waals surface area contributed by atoms with Crippen molar-refractivity contribution in [2.75, 3.05) is 42.8 Å². The third-order valence-corrected chi connectivity index (χ3v) is 8.22. The highest BCUT2D eigenvalue weighted by Gasteiger charge is 2.30. The van der Waals surface area contributed by atoms with E-state index in [4.69, 9.17) is 16.3 Å². The molecule has 2 heterocycles. The molecule has 0 saturated carbocycles. The van der Waals surface area contributed by atoms with Crippen LogP contribution >= 0.6 is 11.6 Å². The molecule has 2 unspecified atom stereocenters. The average molecular weight is 496 g/mol. The molecule has 7 nitrogen and oxygen atoms in total. The van der Waals surface area contributed by atoms with Crippen LogP contribution < -0.4 is 9.62 Å². The maximum absolute atomic E-state index is 14.7. The first-order valence-electron chi connectivity index (χ1n) is 10.9. The van der Waals surface area contributed by atoms with Gasteiger partial charge < -0.3 is 10.1 Å². The fourth-order valence-electron chi connectivity index (χ4n) is 4.37. The van der Waals surface area contributed by atoms with Crippen molar-refractivity contribution in [2.45, 2.75) is 25.5 Å². The Hall–Kier alpha value is -2.20. The third-order valence-electron chi connectivity index (χ3n) is 6.02. The second-order valence-electron chi connectivity index (χ2n) is 8.33. The van der Waals surface area contributed by atoms with Gasteiger partial charge in [-0.2, -0.15) is 0 Å². The molecule has 178 valence electrons. The van der Waals surface area contributed by atoms with Crippen LogP contribution in [0.2, 0.25) is 5.02 Å². The summed E-state index contributed by atoms with van der Waals surface area (Å²) in [6, 6.07) is 10.6. The lowest BCUT2D eigenvalue weighted by molar-refractivity contribution is -0.0346. The zero-order valence-corrected chi connectivity index (χ0v) is 19.9. The second-order valence-corrected chi connectivity index (χ2v) is 10.7. The number of halogens is 2. The summed E-state index contributed by atoms with van der Waals surface area (Å²) in [5, 5.41) is 3.20. The lowest BCUT2D eigenvalue weighted by atomic mass is 10.0. The van der Waals surface area contributed by atoms with E-state index in [1.54, 1.807) is 36.4 Å². The van der Waals surface area contributed by atoms with E-state index in [-0.39, 0.29) is 24.3 Å². The molecule has 10 heteroatoms. The molecule has 2 aromatic carbocycles. The van der Waals surface area contributed by atoms with Gasteiger partial charge in [0.2, 0.25) is 10.0 Å². The molecule has 0 aliphatic carbocycles. The summed E-state index contributed by atoms with van der Waals surface area (Å²) in [6.45, 7) is 4.25. The summed E-state index contributed by atoms with van der Waals surface area (Å²) >= 11 is 6.35. The fraction of sp³-hybridized carbons (Fsp3) is 0.435. The molecule has 0 radical (unpaired) electrons. The number of hydrogen-bond acceptors (Lipinski definition) is 5. The number of ether oxygens (including phenoxy) is 1. The van der Waals surface area contributed by atoms with Crippen molar-refractivity contribution in [3.05, 3.63) is 64.4 Å². The van der Waals surface area contributed by atoms with Gasteiger partial charge in [-0.1, -0.05) is 17.7 Å². The maximum atomic E-state index is 14.7. The van der Waals surface area contributed by atoms with Gasteiger partial charge in [0, 0.05) is 42.3 Å². The van der Waals surface area contributed by atoms with E-state index in [9.17, 15) is 17.6 Å². The molecule has 2 aromatic rings. The number of benzene rings is 2. The molecule has 4 rings (SSSR count). The Balaban J connectivity index is 1.50. The number of nitrogens with zero attached hydrogens (tertiary/aromatic N) is 2. The highest BCUT2D eigenvalue weighted by Crippen LogP contribution is 2.31. The molecule has 1 amide bonds. The first kappa shape index (κ1) is 23.9. The molecule has 0 aromatic heterocycles. The summed E-state index contributed by atoms with van der Waals surface area (Å²) in [7, 11) is -3.28. The maximum Gasteiger partial charge on any atom is 0.251 e. The van der Waals surface area contributed by atoms with Crippen LogP contribution in [0.25, 0.3) is 0 Å². The summed E-state index contributed by atoms with van der Waals surface area (Å²) in [4.78, 5) is 14.9. The van der Waals surface area contributed by atoms with E-state index >= 15 is 0 Å². The molecular formula is C23H27ClFN3O4S. The zero-order chi connectivity index (χ0) is 23.6. The molecule has 33 heavy (non-hydrogen) atoms. The molecule has 2 aliphatic heterocycles. The van der Waals surface area contributed by atoms with Crippen LogP contribution in [0.4, 0.5) is 10.1 Å². The molecule has 2 atom stereocenters. The average Bonchev–Trinajstić information content (AvgIpc) is 3.14. The van der Waals surface area contributed by atoms with Crippen LogP contribution in [0.3, 0.4) is 0 Å². The molecule has 0 bridgehead atoms. The number of hydrogen-bond donors (Lipinski definition) is 1. The number of morpholine rings is 1. The minimum absolute atomic E-state index is 0.0167. The van der Waals surface area contributed by atoms with Gasteiger partial charge in [0.15, 0.2) is 0 Å². The van der Waals surface area contributed by atoms with Gasteiger partial charge in [-0.05, 0) is 49.7 Å². The SMILES string of the molecule is CC1CN(C(CNC(=O)c2ccc(N3CCCS3(=O)=O)cc2)c2c(F)cccc2Cl)CCO1. The predicted molar refractivity (Wildman–Crippen MR) is 126 cm³/mol. The Morgan fingerprint density at radius 2 is 2.00 bits per heavy atom. The molecule has 2 saturated heterocycles. The summed E-state index contributed by atoms with van der Waals surface area (Å²) in [5.74, 6) is -0.614. The minimum atomic E-state index is -3.28. The Bertz CT molecular complexity index is 1090. The Kier molecular flexibility index (Phi) is 7.23. The summed E-state index contributed by atoms with van der Waals surface area (Å²) < 4.78 is 46.0. The lowest BCUT2D eigenvalue weighted by Crippen LogP contribution is -2.47. The van der Waals surface area contributed by atoms with E-state index in [0.717, 1.165) is 0 Å². The van der Waals surface area contributed by atoms with Crippen molar-refractivity contribution in [1.29, 1.82) is 0 Å². The van der Waals surface area contributed by atoms with Crippen molar-refractivity contribution < 1.29 is 22.3 Å². The van der Waals surface area contributed by atoms with Gasteiger partial charge in [0.05, 0.1) is 30.2 Å². The van der Waals surface area contributed by atoms with E-state index in [0.29, 0.717) is 54.5 Å². The number of nitrogens with one attached hydrogen (secondary N) is 1. The molecule has 2 aliphatic rings. The Morgan fingerprint density at radius 3 is 2.64 bits per heavy atom. The zero-order valence-electron chi connectivity index (χ0n) is 18.3. The van der Waals surface area contributed by atoms with Crippen molar-refractivity contribution >= 4 is 33.2 Å². The summed E-state index contributed by atoms with van der Waals surface area (Å²) in [6.07, 6.45) is 0.571. The number of carbonyl (C=O) groups excluding carboxylic acids is 1. The third kappa shape index (κ3) is 5.32. The lowest BCUT2D eigenvalue weighted by Gasteiger charge is -2.38. The van der Waals surface area contributed by atoms with Gasteiger partial charge in [-0.25, -0.2) is 12.8 Å². The number of rotatable bonds is 6. The van der Waals surface area contributed by atoms with Crippen LogP contribution in [0.5, 0.6) is 0 Å². The van der Waals surface area contributed by atoms with E-state index in [1.165, 1.54) is 10.4 Å². The fourth-order valence-corrected chi connectivity index (χ4v) is 6.22. The van der Waals surface area contributed by atoms with Crippen molar-refractivity contribution in [1.82, 2.24) is 10.2 Å². The summed E-state index contributed by atoms with van der Waals surface area (Å²) in [5.41, 5.74) is 1.29. The molecular weight excluding hydrogens is 469 g/mol. The van der Waals surface area contributed by atoms with Gasteiger partial charge in [-0.3, -0.25) is 14.0 Å². The van der Waals surface area contributed by atoms with Crippen LogP contribution in [0, 0.1) is 5.82 Å². The minimum Gasteiger partial charge on any atom is -0.376 e. The highest BCUT2D eigenvalue weighted by molar-refractivity contribution is 7.93. The van der Waals surface area contributed by atoms with Crippen molar-refractivity contribution in [2.24, 2.45) is 0 Å². The highest BCUT2D eigenvalue weighted by atomic mass is 35.5. The van der Waals surface area contributed by atoms with Gasteiger partial charge in [0.25, 0.3) is 5.91 Å². The Labute approximate surface area is 198 Å². The van der Waals surface area contributed by atoms with Crippen molar-refractivity contribution in [3.63, 3.8) is 0 Å². The van der Waals surface area contributed by atoms with E-state index < -0.39 is 21.9 Å². The molecule has 2 fully saturated rings. The second kappa shape index (κ2) is 9.97. The van der Waals surface area contributed by atoms with Gasteiger partial charge in [-0.15, -0.1) is 0 Å². The first-order valence-corrected chi connectivity index (χ1v) is 12.9. The number of carbonyl (C=O) groups is 1. The van der Waals surface area contributed by atoms with Crippen LogP contribution in [0.15, 0.2) is 42.5 Å². The van der Waals surface area contributed by atoms with Gasteiger partial charge in [0.1, 0.15) is 5.82 Å². The van der Waals surface area contributed by atoms with Crippen molar-refractivity contribution in [3.8, 4) is 0 Å². The topological polar surface area (TPSA) is 79.0 Å². The molecule has 0 spiro atoms. The monoisotopic (exact) mass is 495 g/mol. The molecule has 1 N–H and O–H groups in total. The largest absolute Gasteiger partial charge is 0.376 e. The van der Waals surface area contributed by atoms with E-state index in [1.807, 2.05) is 6.92 Å². The van der Waals surface area contributed by atoms with E-state index in [2.05, 4.69) is 10.2 Å². The first-order chi connectivity index (χ1) is 15.8. The number of amides is 1. The Morgan fingerprint density at radius 1 is 1.24 bits per heavy atom.